The van der Waals surface area contributed by atoms with E-state index in [0.29, 0.717) is 12.6 Å². The molecule has 2 aliphatic heterocycles. The lowest BCUT2D eigenvalue weighted by atomic mass is 10.1. The molecule has 0 saturated carbocycles. The number of benzene rings is 1. The molecule has 5 nitrogen and oxygen atoms in total. The Kier molecular flexibility index (Phi) is 3.82. The lowest BCUT2D eigenvalue weighted by Crippen LogP contribution is -2.50. The smallest absolute Gasteiger partial charge is 0.410 e. The molecule has 2 bridgehead atoms. The average Bonchev–Trinajstić information content (AvgIpc) is 3.05. The first-order chi connectivity index (χ1) is 10.7. The van der Waals surface area contributed by atoms with Crippen LogP contribution in [0.1, 0.15) is 44.5 Å². The van der Waals surface area contributed by atoms with Crippen molar-refractivity contribution < 1.29 is 14.3 Å². The van der Waals surface area contributed by atoms with Gasteiger partial charge >= 0.3 is 6.09 Å². The number of piperazine rings is 1. The fourth-order valence-electron chi connectivity index (χ4n) is 3.41. The minimum absolute atomic E-state index is 0.0793. The Morgan fingerprint density at radius 1 is 1.09 bits per heavy atom. The summed E-state index contributed by atoms with van der Waals surface area (Å²) in [4.78, 5) is 27.8. The SMILES string of the molecule is CC(=O)c1ccc(N2C[C@@H]3C[C@H]2CN3C(=O)OC(C)(C)C)cc1. The van der Waals surface area contributed by atoms with Crippen molar-refractivity contribution in [2.24, 2.45) is 0 Å². The highest BCUT2D eigenvalue weighted by Gasteiger charge is 2.46. The molecule has 2 heterocycles. The zero-order valence-electron chi connectivity index (χ0n) is 14.2. The van der Waals surface area contributed by atoms with E-state index in [1.807, 2.05) is 49.9 Å². The maximum absolute atomic E-state index is 12.3. The summed E-state index contributed by atoms with van der Waals surface area (Å²) in [5, 5.41) is 0. The number of amides is 1. The van der Waals surface area contributed by atoms with Crippen LogP contribution in [-0.2, 0) is 4.74 Å². The molecule has 2 atom stereocenters. The predicted molar refractivity (Wildman–Crippen MR) is 88.9 cm³/mol. The summed E-state index contributed by atoms with van der Waals surface area (Å²) >= 11 is 0. The van der Waals surface area contributed by atoms with Crippen molar-refractivity contribution in [1.82, 2.24) is 4.90 Å². The minimum atomic E-state index is -0.457. The number of anilines is 1. The molecule has 0 N–H and O–H groups in total. The Morgan fingerprint density at radius 3 is 2.22 bits per heavy atom. The van der Waals surface area contributed by atoms with Gasteiger partial charge in [0.05, 0.1) is 6.04 Å². The van der Waals surface area contributed by atoms with Crippen LogP contribution in [0.4, 0.5) is 10.5 Å². The van der Waals surface area contributed by atoms with Gasteiger partial charge in [0.25, 0.3) is 0 Å². The molecular weight excluding hydrogens is 292 g/mol. The molecule has 0 aromatic heterocycles. The fourth-order valence-corrected chi connectivity index (χ4v) is 3.41. The predicted octanol–water partition coefficient (Wildman–Crippen LogP) is 3.09. The summed E-state index contributed by atoms with van der Waals surface area (Å²) in [6.07, 6.45) is 0.768. The summed E-state index contributed by atoms with van der Waals surface area (Å²) in [5.41, 5.74) is 1.39. The molecule has 23 heavy (non-hydrogen) atoms. The lowest BCUT2D eigenvalue weighted by molar-refractivity contribution is 0.0214. The summed E-state index contributed by atoms with van der Waals surface area (Å²) in [7, 11) is 0. The van der Waals surface area contributed by atoms with Gasteiger partial charge in [-0.2, -0.15) is 0 Å². The molecular formula is C18H24N2O3. The maximum atomic E-state index is 12.3. The van der Waals surface area contributed by atoms with Crippen LogP contribution in [0.5, 0.6) is 0 Å². The number of Topliss-reactive ketones (excluding diaryl/α,β-unsaturated/α-hetero) is 1. The van der Waals surface area contributed by atoms with Crippen LogP contribution in [0.15, 0.2) is 24.3 Å². The van der Waals surface area contributed by atoms with E-state index in [9.17, 15) is 9.59 Å². The number of carbonyl (C=O) groups excluding carboxylic acids is 2. The first-order valence-electron chi connectivity index (χ1n) is 8.12. The van der Waals surface area contributed by atoms with Crippen molar-refractivity contribution in [3.05, 3.63) is 29.8 Å². The molecule has 0 aliphatic carbocycles. The Bertz CT molecular complexity index is 618. The van der Waals surface area contributed by atoms with E-state index in [1.54, 1.807) is 6.92 Å². The van der Waals surface area contributed by atoms with Gasteiger partial charge in [0.15, 0.2) is 5.78 Å². The number of ketones is 1. The normalized spacial score (nSPS) is 23.3. The van der Waals surface area contributed by atoms with Gasteiger partial charge in [-0.25, -0.2) is 4.79 Å². The van der Waals surface area contributed by atoms with Crippen molar-refractivity contribution in [2.45, 2.75) is 51.8 Å². The second kappa shape index (κ2) is 5.55. The van der Waals surface area contributed by atoms with Gasteiger partial charge in [-0.1, -0.05) is 0 Å². The quantitative estimate of drug-likeness (QED) is 0.787. The second-order valence-electron chi connectivity index (χ2n) is 7.43. The largest absolute Gasteiger partial charge is 0.444 e. The average molecular weight is 316 g/mol. The topological polar surface area (TPSA) is 49.9 Å². The summed E-state index contributed by atoms with van der Waals surface area (Å²) in [6.45, 7) is 8.77. The zero-order valence-corrected chi connectivity index (χ0v) is 14.2. The Morgan fingerprint density at radius 2 is 1.74 bits per heavy atom. The van der Waals surface area contributed by atoms with Gasteiger partial charge in [-0.05, 0) is 58.4 Å². The number of nitrogens with zero attached hydrogens (tertiary/aromatic N) is 2. The fraction of sp³-hybridized carbons (Fsp3) is 0.556. The number of hydrogen-bond acceptors (Lipinski definition) is 4. The van der Waals surface area contributed by atoms with Crippen LogP contribution in [0.3, 0.4) is 0 Å². The number of fused-ring (bicyclic) bond motifs is 2. The zero-order chi connectivity index (χ0) is 16.8. The minimum Gasteiger partial charge on any atom is -0.444 e. The molecule has 1 amide bonds. The standard InChI is InChI=1S/C18H24N2O3/c1-12(21)13-5-7-14(8-6-13)19-10-16-9-15(19)11-20(16)17(22)23-18(2,3)4/h5-8,15-16H,9-11H2,1-4H3/t15-,16-/m0/s1. The molecule has 0 unspecified atom stereocenters. The van der Waals surface area contributed by atoms with E-state index in [-0.39, 0.29) is 17.9 Å². The van der Waals surface area contributed by atoms with Gasteiger partial charge in [0.2, 0.25) is 0 Å². The Labute approximate surface area is 137 Å². The Balaban J connectivity index is 1.66. The summed E-state index contributed by atoms with van der Waals surface area (Å²) in [5.74, 6) is 0.0793. The van der Waals surface area contributed by atoms with E-state index in [0.717, 1.165) is 24.2 Å². The third kappa shape index (κ3) is 3.19. The number of hydrogen-bond donors (Lipinski definition) is 0. The molecule has 124 valence electrons. The number of ether oxygens (including phenoxy) is 1. The van der Waals surface area contributed by atoms with E-state index in [2.05, 4.69) is 4.90 Å². The molecule has 2 fully saturated rings. The first kappa shape index (κ1) is 15.8. The molecule has 3 rings (SSSR count). The first-order valence-corrected chi connectivity index (χ1v) is 8.12. The van der Waals surface area contributed by atoms with Crippen LogP contribution in [0.25, 0.3) is 0 Å². The van der Waals surface area contributed by atoms with Crippen LogP contribution >= 0.6 is 0 Å². The highest BCUT2D eigenvalue weighted by molar-refractivity contribution is 5.94. The Hall–Kier alpha value is -2.04. The van der Waals surface area contributed by atoms with Crippen LogP contribution in [-0.4, -0.2) is 47.6 Å². The molecule has 0 spiro atoms. The van der Waals surface area contributed by atoms with Gasteiger partial charge in [0, 0.05) is 30.4 Å². The lowest BCUT2D eigenvalue weighted by Gasteiger charge is -2.36. The van der Waals surface area contributed by atoms with Crippen molar-refractivity contribution in [2.75, 3.05) is 18.0 Å². The molecule has 1 aromatic carbocycles. The molecule has 1 aromatic rings. The third-order valence-electron chi connectivity index (χ3n) is 4.47. The van der Waals surface area contributed by atoms with Crippen molar-refractivity contribution in [3.63, 3.8) is 0 Å². The highest BCUT2D eigenvalue weighted by Crippen LogP contribution is 2.35. The van der Waals surface area contributed by atoms with E-state index in [1.165, 1.54) is 0 Å². The van der Waals surface area contributed by atoms with Crippen molar-refractivity contribution in [1.29, 1.82) is 0 Å². The molecule has 0 radical (unpaired) electrons. The number of rotatable bonds is 2. The van der Waals surface area contributed by atoms with Crippen molar-refractivity contribution >= 4 is 17.6 Å². The van der Waals surface area contributed by atoms with Gasteiger partial charge < -0.3 is 14.5 Å². The molecule has 2 aliphatic rings. The van der Waals surface area contributed by atoms with Crippen LogP contribution in [0.2, 0.25) is 0 Å². The monoisotopic (exact) mass is 316 g/mol. The highest BCUT2D eigenvalue weighted by atomic mass is 16.6. The van der Waals surface area contributed by atoms with Crippen LogP contribution < -0.4 is 4.90 Å². The summed E-state index contributed by atoms with van der Waals surface area (Å²) in [6, 6.07) is 8.27. The number of carbonyl (C=O) groups is 2. The summed E-state index contributed by atoms with van der Waals surface area (Å²) < 4.78 is 5.49. The third-order valence-corrected chi connectivity index (χ3v) is 4.47. The second-order valence-corrected chi connectivity index (χ2v) is 7.43. The maximum Gasteiger partial charge on any atom is 0.410 e. The van der Waals surface area contributed by atoms with E-state index in [4.69, 9.17) is 4.74 Å². The van der Waals surface area contributed by atoms with Gasteiger partial charge in [-0.15, -0.1) is 0 Å². The molecule has 2 saturated heterocycles. The van der Waals surface area contributed by atoms with Crippen molar-refractivity contribution in [3.8, 4) is 0 Å². The number of likely N-dealkylation sites (tertiary alicyclic amines) is 1. The van der Waals surface area contributed by atoms with E-state index < -0.39 is 5.60 Å². The van der Waals surface area contributed by atoms with Crippen LogP contribution in [0, 0.1) is 0 Å². The van der Waals surface area contributed by atoms with Gasteiger partial charge in [-0.3, -0.25) is 4.79 Å². The van der Waals surface area contributed by atoms with E-state index >= 15 is 0 Å². The molecule has 5 heteroatoms. The van der Waals surface area contributed by atoms with Gasteiger partial charge in [0.1, 0.15) is 5.60 Å².